The van der Waals surface area contributed by atoms with Crippen LogP contribution >= 0.6 is 0 Å². The van der Waals surface area contributed by atoms with Crippen molar-refractivity contribution in [3.05, 3.63) is 41.5 Å². The smallest absolute Gasteiger partial charge is 0.248 e. The van der Waals surface area contributed by atoms with Gasteiger partial charge in [0.25, 0.3) is 0 Å². The molecule has 1 fully saturated rings. The maximum absolute atomic E-state index is 11.7. The van der Waals surface area contributed by atoms with Crippen LogP contribution in [0.4, 0.5) is 0 Å². The van der Waals surface area contributed by atoms with E-state index in [-0.39, 0.29) is 17.9 Å². The van der Waals surface area contributed by atoms with Gasteiger partial charge in [-0.15, -0.1) is 0 Å². The summed E-state index contributed by atoms with van der Waals surface area (Å²) in [5, 5.41) is 11.8. The standard InChI is InChI=1S/C16H20N2O3/c17-15(21)13-4-1-12(2-5-13)3-6-14(20)18-11-16(7-8-16)9-10-19/h1-6,19H,7-11H2,(H2,17,21)(H,18,20)/b6-3+. The molecule has 0 saturated heterocycles. The molecule has 112 valence electrons. The molecule has 1 aliphatic carbocycles. The summed E-state index contributed by atoms with van der Waals surface area (Å²) in [6.45, 7) is 0.773. The number of hydrogen-bond donors (Lipinski definition) is 3. The van der Waals surface area contributed by atoms with E-state index in [1.807, 2.05) is 0 Å². The monoisotopic (exact) mass is 288 g/mol. The molecule has 0 aromatic heterocycles. The predicted molar refractivity (Wildman–Crippen MR) is 80.4 cm³/mol. The number of primary amides is 1. The van der Waals surface area contributed by atoms with Gasteiger partial charge in [-0.3, -0.25) is 9.59 Å². The predicted octanol–water partition coefficient (Wildman–Crippen LogP) is 1.08. The lowest BCUT2D eigenvalue weighted by Crippen LogP contribution is -2.29. The van der Waals surface area contributed by atoms with Crippen LogP contribution in [-0.4, -0.2) is 30.1 Å². The molecule has 2 amide bonds. The molecular formula is C16H20N2O3. The van der Waals surface area contributed by atoms with Crippen molar-refractivity contribution < 1.29 is 14.7 Å². The van der Waals surface area contributed by atoms with Crippen molar-refractivity contribution in [1.82, 2.24) is 5.32 Å². The van der Waals surface area contributed by atoms with Crippen molar-refractivity contribution in [3.8, 4) is 0 Å². The van der Waals surface area contributed by atoms with Crippen LogP contribution in [0.1, 0.15) is 35.2 Å². The first-order chi connectivity index (χ1) is 10.0. The van der Waals surface area contributed by atoms with Gasteiger partial charge in [-0.25, -0.2) is 0 Å². The molecule has 1 aromatic carbocycles. The minimum Gasteiger partial charge on any atom is -0.396 e. The molecule has 1 saturated carbocycles. The third-order valence-electron chi connectivity index (χ3n) is 3.86. The van der Waals surface area contributed by atoms with E-state index in [0.29, 0.717) is 12.1 Å². The summed E-state index contributed by atoms with van der Waals surface area (Å²) in [5.41, 5.74) is 6.54. The SMILES string of the molecule is NC(=O)c1ccc(/C=C/C(=O)NCC2(CCO)CC2)cc1. The molecule has 0 unspecified atom stereocenters. The number of carbonyl (C=O) groups is 2. The average Bonchev–Trinajstić information content (AvgIpc) is 3.24. The molecular weight excluding hydrogens is 268 g/mol. The minimum atomic E-state index is -0.470. The second-order valence-corrected chi connectivity index (χ2v) is 5.51. The Kier molecular flexibility index (Phi) is 4.75. The van der Waals surface area contributed by atoms with Gasteiger partial charge < -0.3 is 16.2 Å². The van der Waals surface area contributed by atoms with Crippen molar-refractivity contribution in [2.24, 2.45) is 11.1 Å². The number of rotatable bonds is 7. The van der Waals surface area contributed by atoms with E-state index in [0.717, 1.165) is 24.8 Å². The molecule has 0 heterocycles. The van der Waals surface area contributed by atoms with Crippen molar-refractivity contribution in [3.63, 3.8) is 0 Å². The first kappa shape index (κ1) is 15.3. The van der Waals surface area contributed by atoms with Crippen LogP contribution in [-0.2, 0) is 4.79 Å². The normalized spacial score (nSPS) is 15.9. The van der Waals surface area contributed by atoms with Crippen LogP contribution in [0.3, 0.4) is 0 Å². The van der Waals surface area contributed by atoms with E-state index in [4.69, 9.17) is 10.8 Å². The Bertz CT molecular complexity index is 545. The second kappa shape index (κ2) is 6.54. The molecule has 4 N–H and O–H groups in total. The molecule has 5 nitrogen and oxygen atoms in total. The van der Waals surface area contributed by atoms with Crippen LogP contribution in [0.5, 0.6) is 0 Å². The molecule has 2 rings (SSSR count). The van der Waals surface area contributed by atoms with Crippen LogP contribution in [0, 0.1) is 5.41 Å². The van der Waals surface area contributed by atoms with Crippen molar-refractivity contribution >= 4 is 17.9 Å². The lowest BCUT2D eigenvalue weighted by atomic mass is 10.0. The van der Waals surface area contributed by atoms with Gasteiger partial charge in [-0.05, 0) is 48.4 Å². The Labute approximate surface area is 123 Å². The fourth-order valence-electron chi connectivity index (χ4n) is 2.19. The summed E-state index contributed by atoms with van der Waals surface area (Å²) < 4.78 is 0. The van der Waals surface area contributed by atoms with E-state index in [1.54, 1.807) is 30.3 Å². The van der Waals surface area contributed by atoms with E-state index in [1.165, 1.54) is 6.08 Å². The van der Waals surface area contributed by atoms with E-state index in [9.17, 15) is 9.59 Å². The molecule has 5 heteroatoms. The average molecular weight is 288 g/mol. The maximum atomic E-state index is 11.7. The highest BCUT2D eigenvalue weighted by atomic mass is 16.3. The van der Waals surface area contributed by atoms with Crippen molar-refractivity contribution in [2.45, 2.75) is 19.3 Å². The number of nitrogens with two attached hydrogens (primary N) is 1. The lowest BCUT2D eigenvalue weighted by Gasteiger charge is -2.13. The Balaban J connectivity index is 1.83. The molecule has 0 radical (unpaired) electrons. The number of hydrogen-bond acceptors (Lipinski definition) is 3. The summed E-state index contributed by atoms with van der Waals surface area (Å²) in [6, 6.07) is 6.72. The highest BCUT2D eigenvalue weighted by Gasteiger charge is 2.41. The van der Waals surface area contributed by atoms with Gasteiger partial charge in [0.1, 0.15) is 0 Å². The van der Waals surface area contributed by atoms with Crippen LogP contribution in [0.25, 0.3) is 6.08 Å². The van der Waals surface area contributed by atoms with E-state index < -0.39 is 5.91 Å². The number of carbonyl (C=O) groups excluding carboxylic acids is 2. The third kappa shape index (κ3) is 4.43. The van der Waals surface area contributed by atoms with Crippen LogP contribution < -0.4 is 11.1 Å². The Hall–Kier alpha value is -2.14. The van der Waals surface area contributed by atoms with Gasteiger partial charge in [0.05, 0.1) is 0 Å². The number of benzene rings is 1. The highest BCUT2D eigenvalue weighted by molar-refractivity contribution is 5.94. The summed E-state index contributed by atoms with van der Waals surface area (Å²) in [4.78, 5) is 22.7. The van der Waals surface area contributed by atoms with Gasteiger partial charge in [0.2, 0.25) is 11.8 Å². The van der Waals surface area contributed by atoms with E-state index >= 15 is 0 Å². The van der Waals surface area contributed by atoms with Gasteiger partial charge in [-0.2, -0.15) is 0 Å². The zero-order valence-electron chi connectivity index (χ0n) is 11.8. The number of aliphatic hydroxyl groups excluding tert-OH is 1. The van der Waals surface area contributed by atoms with Crippen molar-refractivity contribution in [1.29, 1.82) is 0 Å². The quantitative estimate of drug-likeness (QED) is 0.655. The molecule has 0 bridgehead atoms. The number of aliphatic hydroxyl groups is 1. The molecule has 0 atom stereocenters. The molecule has 1 aliphatic rings. The zero-order valence-corrected chi connectivity index (χ0v) is 11.8. The second-order valence-electron chi connectivity index (χ2n) is 5.51. The summed E-state index contributed by atoms with van der Waals surface area (Å²) in [6.07, 6.45) is 6.02. The number of nitrogens with one attached hydrogen (secondary N) is 1. The van der Waals surface area contributed by atoms with Gasteiger partial charge >= 0.3 is 0 Å². The molecule has 0 spiro atoms. The fraction of sp³-hybridized carbons (Fsp3) is 0.375. The largest absolute Gasteiger partial charge is 0.396 e. The van der Waals surface area contributed by atoms with Gasteiger partial charge in [-0.1, -0.05) is 12.1 Å². The van der Waals surface area contributed by atoms with Gasteiger partial charge in [0, 0.05) is 24.8 Å². The molecule has 21 heavy (non-hydrogen) atoms. The minimum absolute atomic E-state index is 0.112. The Morgan fingerprint density at radius 2 is 1.95 bits per heavy atom. The fourth-order valence-corrected chi connectivity index (χ4v) is 2.19. The Morgan fingerprint density at radius 3 is 2.48 bits per heavy atom. The summed E-state index contributed by atoms with van der Waals surface area (Å²) in [5.74, 6) is -0.625. The van der Waals surface area contributed by atoms with E-state index in [2.05, 4.69) is 5.32 Å². The first-order valence-corrected chi connectivity index (χ1v) is 7.01. The Morgan fingerprint density at radius 1 is 1.29 bits per heavy atom. The number of amides is 2. The third-order valence-corrected chi connectivity index (χ3v) is 3.86. The first-order valence-electron chi connectivity index (χ1n) is 7.01. The maximum Gasteiger partial charge on any atom is 0.248 e. The van der Waals surface area contributed by atoms with Gasteiger partial charge in [0.15, 0.2) is 0 Å². The van der Waals surface area contributed by atoms with Crippen LogP contribution in [0.2, 0.25) is 0 Å². The van der Waals surface area contributed by atoms with Crippen molar-refractivity contribution in [2.75, 3.05) is 13.2 Å². The topological polar surface area (TPSA) is 92.4 Å². The summed E-state index contributed by atoms with van der Waals surface area (Å²) >= 11 is 0. The highest BCUT2D eigenvalue weighted by Crippen LogP contribution is 2.47. The summed E-state index contributed by atoms with van der Waals surface area (Å²) in [7, 11) is 0. The lowest BCUT2D eigenvalue weighted by molar-refractivity contribution is -0.116. The van der Waals surface area contributed by atoms with Crippen LogP contribution in [0.15, 0.2) is 30.3 Å². The zero-order chi connectivity index (χ0) is 15.3. The molecule has 0 aliphatic heterocycles. The molecule has 1 aromatic rings.